The van der Waals surface area contributed by atoms with Crippen molar-refractivity contribution in [2.45, 2.75) is 12.0 Å². The molecule has 5 aromatic carbocycles. The van der Waals surface area contributed by atoms with Gasteiger partial charge >= 0.3 is 5.97 Å². The molecule has 0 fully saturated rings. The summed E-state index contributed by atoms with van der Waals surface area (Å²) in [5.74, 6) is -8.58. The number of benzene rings is 5. The molecule has 9 heteroatoms. The van der Waals surface area contributed by atoms with Gasteiger partial charge in [0.15, 0.2) is 28.9 Å². The van der Waals surface area contributed by atoms with E-state index in [4.69, 9.17) is 9.47 Å². The van der Waals surface area contributed by atoms with Gasteiger partial charge in [0.05, 0.1) is 5.56 Å². The summed E-state index contributed by atoms with van der Waals surface area (Å²) < 4.78 is 72.1. The second kappa shape index (κ2) is 9.09. The molecule has 0 saturated carbocycles. The van der Waals surface area contributed by atoms with Gasteiger partial charge in [0.2, 0.25) is 0 Å². The van der Waals surface area contributed by atoms with Crippen molar-refractivity contribution in [3.63, 3.8) is 0 Å². The van der Waals surface area contributed by atoms with Gasteiger partial charge < -0.3 is 19.7 Å². The van der Waals surface area contributed by atoms with Crippen LogP contribution in [-0.2, 0) is 16.8 Å². The molecule has 0 amide bonds. The van der Waals surface area contributed by atoms with Gasteiger partial charge in [0.1, 0.15) is 17.1 Å². The molecule has 3 aliphatic heterocycles. The third kappa shape index (κ3) is 3.54. The van der Waals surface area contributed by atoms with Crippen molar-refractivity contribution in [1.82, 2.24) is 0 Å². The number of fused-ring (bicyclic) bond motifs is 7. The number of anilines is 4. The van der Waals surface area contributed by atoms with E-state index in [0.717, 1.165) is 23.5 Å². The lowest BCUT2D eigenvalue weighted by molar-refractivity contribution is 0.0215. The van der Waals surface area contributed by atoms with Crippen LogP contribution in [0.3, 0.4) is 0 Å². The van der Waals surface area contributed by atoms with Crippen LogP contribution in [0.25, 0.3) is 0 Å². The zero-order valence-electron chi connectivity index (χ0n) is 22.3. The van der Waals surface area contributed by atoms with Crippen LogP contribution in [0.1, 0.15) is 32.6 Å². The Hall–Kier alpha value is -5.31. The SMILES string of the molecule is O=C1OC2(c3ccc(Nc4ccccc4)cc3Oc3cc(N4CCc5ccccc54)ccc32)c2c(F)c(F)c(F)c(F)c21. The maximum absolute atomic E-state index is 15.7. The molecule has 0 radical (unpaired) electrons. The Kier molecular flexibility index (Phi) is 5.37. The summed E-state index contributed by atoms with van der Waals surface area (Å²) in [7, 11) is 0. The average Bonchev–Trinajstić information content (AvgIpc) is 3.59. The quantitative estimate of drug-likeness (QED) is 0.101. The number of ether oxygens (including phenoxy) is 2. The molecule has 5 nitrogen and oxygen atoms in total. The van der Waals surface area contributed by atoms with Gasteiger partial charge in [-0.25, -0.2) is 22.4 Å². The Morgan fingerprint density at radius 3 is 2.23 bits per heavy atom. The third-order valence-electron chi connectivity index (χ3n) is 8.26. The van der Waals surface area contributed by atoms with Crippen LogP contribution in [-0.4, -0.2) is 12.5 Å². The Labute approximate surface area is 242 Å². The number of esters is 1. The van der Waals surface area contributed by atoms with Crippen molar-refractivity contribution < 1.29 is 31.8 Å². The predicted molar refractivity (Wildman–Crippen MR) is 151 cm³/mol. The van der Waals surface area contributed by atoms with E-state index in [0.29, 0.717) is 12.2 Å². The number of halogens is 4. The number of nitrogens with zero attached hydrogens (tertiary/aromatic N) is 1. The van der Waals surface area contributed by atoms with Crippen molar-refractivity contribution >= 4 is 28.7 Å². The van der Waals surface area contributed by atoms with Crippen LogP contribution in [0.5, 0.6) is 11.5 Å². The second-order valence-electron chi connectivity index (χ2n) is 10.6. The van der Waals surface area contributed by atoms with Crippen molar-refractivity contribution in [2.24, 2.45) is 0 Å². The zero-order chi connectivity index (χ0) is 29.5. The first-order valence-corrected chi connectivity index (χ1v) is 13.6. The fourth-order valence-electron chi connectivity index (χ4n) is 6.36. The molecule has 8 rings (SSSR count). The first-order chi connectivity index (χ1) is 20.9. The fraction of sp³-hybridized carbons (Fsp3) is 0.0882. The van der Waals surface area contributed by atoms with Gasteiger partial charge in [0.25, 0.3) is 0 Å². The van der Waals surface area contributed by atoms with Gasteiger partial charge in [-0.3, -0.25) is 0 Å². The normalized spacial score (nSPS) is 17.6. The summed E-state index contributed by atoms with van der Waals surface area (Å²) in [6.07, 6.45) is 0.829. The summed E-state index contributed by atoms with van der Waals surface area (Å²) in [5.41, 5.74) is 0.747. The molecule has 3 aliphatic rings. The molecule has 1 unspecified atom stereocenters. The average molecular weight is 581 g/mol. The first kappa shape index (κ1) is 25.4. The number of hydrogen-bond acceptors (Lipinski definition) is 5. The van der Waals surface area contributed by atoms with E-state index in [9.17, 15) is 13.6 Å². The molecule has 1 atom stereocenters. The summed E-state index contributed by atoms with van der Waals surface area (Å²) >= 11 is 0. The van der Waals surface area contributed by atoms with Crippen molar-refractivity contribution in [3.8, 4) is 11.5 Å². The minimum Gasteiger partial charge on any atom is -0.456 e. The maximum atomic E-state index is 15.7. The lowest BCUT2D eigenvalue weighted by Gasteiger charge is -2.37. The van der Waals surface area contributed by atoms with E-state index in [-0.39, 0.29) is 22.6 Å². The molecule has 43 heavy (non-hydrogen) atoms. The van der Waals surface area contributed by atoms with E-state index in [1.54, 1.807) is 30.3 Å². The highest BCUT2D eigenvalue weighted by Gasteiger charge is 2.57. The van der Waals surface area contributed by atoms with Crippen LogP contribution in [0.15, 0.2) is 91.0 Å². The number of rotatable bonds is 3. The number of carbonyl (C=O) groups excluding carboxylic acids is 1. The molecule has 0 aromatic heterocycles. The molecule has 1 N–H and O–H groups in total. The Morgan fingerprint density at radius 1 is 0.721 bits per heavy atom. The lowest BCUT2D eigenvalue weighted by Crippen LogP contribution is -2.34. The molecular weight excluding hydrogens is 560 g/mol. The topological polar surface area (TPSA) is 50.8 Å². The highest BCUT2D eigenvalue weighted by atomic mass is 19.2. The zero-order valence-corrected chi connectivity index (χ0v) is 22.3. The third-order valence-corrected chi connectivity index (χ3v) is 8.26. The van der Waals surface area contributed by atoms with Crippen molar-refractivity contribution in [1.29, 1.82) is 0 Å². The highest BCUT2D eigenvalue weighted by molar-refractivity contribution is 5.97. The molecule has 212 valence electrons. The summed E-state index contributed by atoms with van der Waals surface area (Å²) in [6.45, 7) is 0.702. The minimum atomic E-state index is -2.14. The van der Waals surface area contributed by atoms with Gasteiger partial charge in [-0.05, 0) is 54.4 Å². The van der Waals surface area contributed by atoms with Crippen LogP contribution in [0.2, 0.25) is 0 Å². The lowest BCUT2D eigenvalue weighted by atomic mass is 9.77. The maximum Gasteiger partial charge on any atom is 0.343 e. The van der Waals surface area contributed by atoms with Crippen LogP contribution in [0, 0.1) is 23.3 Å². The number of nitrogens with one attached hydrogen (secondary N) is 1. The van der Waals surface area contributed by atoms with Crippen LogP contribution >= 0.6 is 0 Å². The number of para-hydroxylation sites is 2. The summed E-state index contributed by atoms with van der Waals surface area (Å²) in [6, 6.07) is 27.2. The van der Waals surface area contributed by atoms with Crippen LogP contribution < -0.4 is 15.0 Å². The molecule has 5 aromatic rings. The highest BCUT2D eigenvalue weighted by Crippen LogP contribution is 2.58. The van der Waals surface area contributed by atoms with Crippen LogP contribution in [0.4, 0.5) is 40.3 Å². The van der Waals surface area contributed by atoms with Crippen molar-refractivity contribution in [3.05, 3.63) is 142 Å². The van der Waals surface area contributed by atoms with Gasteiger partial charge in [-0.15, -0.1) is 0 Å². The molecule has 0 bridgehead atoms. The molecule has 0 saturated heterocycles. The molecule has 1 spiro atoms. The fourth-order valence-corrected chi connectivity index (χ4v) is 6.36. The number of hydrogen-bond donors (Lipinski definition) is 1. The Bertz CT molecular complexity index is 2000. The van der Waals surface area contributed by atoms with E-state index in [2.05, 4.69) is 16.3 Å². The Balaban J connectivity index is 1.35. The standard InChI is InChI=1S/C34H20F4N2O3/c35-29-27-28(30(36)32(38)31(29)37)34(43-33(27)41)22-12-10-20(39-19-7-2-1-3-8-19)16-25(22)42-26-17-21(11-13-23(26)34)40-15-14-18-6-4-5-9-24(18)40/h1-13,16-17,39H,14-15H2. The van der Waals surface area contributed by atoms with Gasteiger partial charge in [-0.2, -0.15) is 0 Å². The predicted octanol–water partition coefficient (Wildman–Crippen LogP) is 8.25. The van der Waals surface area contributed by atoms with Gasteiger partial charge in [-0.1, -0.05) is 36.4 Å². The number of carbonyl (C=O) groups is 1. The van der Waals surface area contributed by atoms with E-state index < -0.39 is 46.0 Å². The van der Waals surface area contributed by atoms with E-state index in [1.807, 2.05) is 48.5 Å². The molecule has 0 aliphatic carbocycles. The van der Waals surface area contributed by atoms with Crippen molar-refractivity contribution in [2.75, 3.05) is 16.8 Å². The smallest absolute Gasteiger partial charge is 0.343 e. The summed E-state index contributed by atoms with van der Waals surface area (Å²) in [4.78, 5) is 15.2. The second-order valence-corrected chi connectivity index (χ2v) is 10.6. The molecule has 3 heterocycles. The first-order valence-electron chi connectivity index (χ1n) is 13.6. The largest absolute Gasteiger partial charge is 0.456 e. The van der Waals surface area contributed by atoms with Gasteiger partial charge in [0, 0.05) is 52.6 Å². The van der Waals surface area contributed by atoms with E-state index in [1.165, 1.54) is 11.6 Å². The monoisotopic (exact) mass is 580 g/mol. The minimum absolute atomic E-state index is 0.134. The van der Waals surface area contributed by atoms with E-state index >= 15 is 8.78 Å². The molecular formula is C34H20F4N2O3. The summed E-state index contributed by atoms with van der Waals surface area (Å²) in [5, 5.41) is 3.25. The Morgan fingerprint density at radius 2 is 1.42 bits per heavy atom.